The summed E-state index contributed by atoms with van der Waals surface area (Å²) in [4.78, 5) is 8.88. The molecule has 0 atom stereocenters. The first kappa shape index (κ1) is 32.3. The van der Waals surface area contributed by atoms with E-state index in [0.717, 1.165) is 94.2 Å². The van der Waals surface area contributed by atoms with Crippen molar-refractivity contribution in [3.8, 4) is 45.6 Å². The van der Waals surface area contributed by atoms with E-state index in [9.17, 15) is 5.26 Å². The van der Waals surface area contributed by atoms with Crippen molar-refractivity contribution in [1.29, 1.82) is 5.26 Å². The van der Waals surface area contributed by atoms with Gasteiger partial charge in [-0.3, -0.25) is 4.57 Å². The minimum absolute atomic E-state index is 0.612. The first-order chi connectivity index (χ1) is 28.2. The predicted octanol–water partition coefficient (Wildman–Crippen LogP) is 13.0. The molecule has 0 bridgehead atoms. The van der Waals surface area contributed by atoms with Gasteiger partial charge < -0.3 is 9.13 Å². The third kappa shape index (κ3) is 5.06. The molecule has 6 nitrogen and oxygen atoms in total. The standard InChI is InChI=1S/C51H30N6/c1-53-37-23-25-49-44(30-37)42-17-6-9-20-47(42)56(49)40-29-36(28-39(31-40)55-46-19-8-5-16-41(46)43-26-33(32-52)22-24-48(43)55)35-14-11-15-38(27-35)57-50-21-10-7-18-45(50)54-51(57)34-12-3-2-4-13-34/h2-31H. The van der Waals surface area contributed by atoms with Gasteiger partial charge in [0.25, 0.3) is 0 Å². The Balaban J connectivity index is 1.21. The average molecular weight is 727 g/mol. The Morgan fingerprint density at radius 1 is 0.439 bits per heavy atom. The van der Waals surface area contributed by atoms with E-state index in [4.69, 9.17) is 11.6 Å². The molecule has 6 heteroatoms. The molecule has 0 unspecified atom stereocenters. The van der Waals surface area contributed by atoms with Gasteiger partial charge in [-0.2, -0.15) is 5.26 Å². The van der Waals surface area contributed by atoms with Crippen LogP contribution < -0.4 is 0 Å². The van der Waals surface area contributed by atoms with Crippen molar-refractivity contribution in [1.82, 2.24) is 18.7 Å². The Kier molecular flexibility index (Phi) is 7.19. The molecule has 0 fully saturated rings. The second kappa shape index (κ2) is 12.7. The number of para-hydroxylation sites is 4. The van der Waals surface area contributed by atoms with Gasteiger partial charge >= 0.3 is 0 Å². The lowest BCUT2D eigenvalue weighted by Gasteiger charge is -2.17. The van der Waals surface area contributed by atoms with Crippen LogP contribution in [-0.2, 0) is 0 Å². The molecule has 0 saturated heterocycles. The van der Waals surface area contributed by atoms with E-state index in [2.05, 4.69) is 170 Å². The maximum Gasteiger partial charge on any atom is 0.188 e. The normalized spacial score (nSPS) is 11.5. The van der Waals surface area contributed by atoms with Crippen LogP contribution in [0.3, 0.4) is 0 Å². The number of rotatable bonds is 5. The Hall–Kier alpha value is -8.19. The molecular formula is C51H30N6. The maximum atomic E-state index is 9.85. The van der Waals surface area contributed by atoms with Crippen molar-refractivity contribution in [2.24, 2.45) is 0 Å². The highest BCUT2D eigenvalue weighted by Gasteiger charge is 2.19. The van der Waals surface area contributed by atoms with E-state index in [-0.39, 0.29) is 0 Å². The van der Waals surface area contributed by atoms with Crippen molar-refractivity contribution in [3.05, 3.63) is 199 Å². The highest BCUT2D eigenvalue weighted by Crippen LogP contribution is 2.39. The first-order valence-corrected chi connectivity index (χ1v) is 18.8. The van der Waals surface area contributed by atoms with Gasteiger partial charge in [0.05, 0.1) is 51.3 Å². The van der Waals surface area contributed by atoms with Gasteiger partial charge in [-0.1, -0.05) is 97.1 Å². The summed E-state index contributed by atoms with van der Waals surface area (Å²) in [5, 5.41) is 14.1. The van der Waals surface area contributed by atoms with E-state index in [1.54, 1.807) is 0 Å². The molecule has 3 heterocycles. The van der Waals surface area contributed by atoms with Crippen LogP contribution in [-0.4, -0.2) is 18.7 Å². The highest BCUT2D eigenvalue weighted by atomic mass is 15.1. The zero-order chi connectivity index (χ0) is 38.0. The third-order valence-corrected chi connectivity index (χ3v) is 11.0. The number of benzene rings is 8. The van der Waals surface area contributed by atoms with Crippen molar-refractivity contribution < 1.29 is 0 Å². The molecular weight excluding hydrogens is 697 g/mol. The Morgan fingerprint density at radius 2 is 1.02 bits per heavy atom. The molecule has 0 aliphatic rings. The largest absolute Gasteiger partial charge is 0.309 e. The number of hydrogen-bond acceptors (Lipinski definition) is 2. The topological polar surface area (TPSA) is 55.8 Å². The van der Waals surface area contributed by atoms with Gasteiger partial charge in [0.2, 0.25) is 0 Å². The van der Waals surface area contributed by atoms with E-state index < -0.39 is 0 Å². The summed E-state index contributed by atoms with van der Waals surface area (Å²) in [7, 11) is 0. The molecule has 8 aromatic carbocycles. The fourth-order valence-corrected chi connectivity index (χ4v) is 8.54. The van der Waals surface area contributed by atoms with Crippen molar-refractivity contribution in [2.75, 3.05) is 0 Å². The number of nitriles is 1. The highest BCUT2D eigenvalue weighted by molar-refractivity contribution is 6.11. The zero-order valence-electron chi connectivity index (χ0n) is 30.5. The van der Waals surface area contributed by atoms with E-state index in [1.165, 1.54) is 0 Å². The molecule has 0 aliphatic carbocycles. The fourth-order valence-electron chi connectivity index (χ4n) is 8.54. The van der Waals surface area contributed by atoms with Crippen LogP contribution in [0.25, 0.3) is 99.1 Å². The van der Waals surface area contributed by atoms with Gasteiger partial charge in [0.1, 0.15) is 5.82 Å². The molecule has 264 valence electrons. The van der Waals surface area contributed by atoms with Crippen LogP contribution in [0, 0.1) is 17.9 Å². The van der Waals surface area contributed by atoms with Crippen LogP contribution in [0.4, 0.5) is 5.69 Å². The summed E-state index contributed by atoms with van der Waals surface area (Å²) in [6, 6.07) is 65.2. The van der Waals surface area contributed by atoms with Gasteiger partial charge in [-0.25, -0.2) is 9.83 Å². The SMILES string of the molecule is [C-]#[N+]c1ccc2c(c1)c1ccccc1n2-c1cc(-c2cccc(-n3c(-c4ccccc4)nc4ccccc43)c2)cc(-n2c3ccccc3c3cc(C#N)ccc32)c1. The average Bonchev–Trinajstić information content (AvgIpc) is 3.94. The van der Waals surface area contributed by atoms with Crippen molar-refractivity contribution in [3.63, 3.8) is 0 Å². The number of imidazole rings is 1. The molecule has 0 radical (unpaired) electrons. The number of nitrogens with zero attached hydrogens (tertiary/aromatic N) is 6. The quantitative estimate of drug-likeness (QED) is 0.166. The second-order valence-corrected chi connectivity index (χ2v) is 14.3. The number of fused-ring (bicyclic) bond motifs is 7. The van der Waals surface area contributed by atoms with Gasteiger partial charge in [-0.15, -0.1) is 0 Å². The molecule has 57 heavy (non-hydrogen) atoms. The minimum atomic E-state index is 0.612. The predicted molar refractivity (Wildman–Crippen MR) is 232 cm³/mol. The second-order valence-electron chi connectivity index (χ2n) is 14.3. The molecule has 0 N–H and O–H groups in total. The molecule has 0 saturated carbocycles. The monoisotopic (exact) mass is 726 g/mol. The minimum Gasteiger partial charge on any atom is -0.309 e. The van der Waals surface area contributed by atoms with E-state index in [0.29, 0.717) is 11.3 Å². The first-order valence-electron chi connectivity index (χ1n) is 18.8. The van der Waals surface area contributed by atoms with E-state index in [1.807, 2.05) is 36.4 Å². The molecule has 3 aromatic heterocycles. The van der Waals surface area contributed by atoms with Crippen molar-refractivity contribution >= 4 is 60.3 Å². The third-order valence-electron chi connectivity index (χ3n) is 11.0. The van der Waals surface area contributed by atoms with Crippen LogP contribution in [0.2, 0.25) is 0 Å². The van der Waals surface area contributed by atoms with E-state index >= 15 is 0 Å². The number of aromatic nitrogens is 4. The van der Waals surface area contributed by atoms with Crippen LogP contribution >= 0.6 is 0 Å². The number of hydrogen-bond donors (Lipinski definition) is 0. The van der Waals surface area contributed by atoms with Crippen LogP contribution in [0.5, 0.6) is 0 Å². The van der Waals surface area contributed by atoms with Gasteiger partial charge in [0.15, 0.2) is 5.69 Å². The summed E-state index contributed by atoms with van der Waals surface area (Å²) >= 11 is 0. The van der Waals surface area contributed by atoms with Crippen LogP contribution in [0.1, 0.15) is 5.56 Å². The summed E-state index contributed by atoms with van der Waals surface area (Å²) in [5.74, 6) is 0.884. The van der Waals surface area contributed by atoms with Crippen molar-refractivity contribution in [2.45, 2.75) is 0 Å². The Morgan fingerprint density at radius 3 is 1.72 bits per heavy atom. The lowest BCUT2D eigenvalue weighted by atomic mass is 10.0. The lowest BCUT2D eigenvalue weighted by molar-refractivity contribution is 1.10. The molecule has 0 spiro atoms. The summed E-state index contributed by atoms with van der Waals surface area (Å²) < 4.78 is 6.87. The van der Waals surface area contributed by atoms with Gasteiger partial charge in [-0.05, 0) is 101 Å². The zero-order valence-corrected chi connectivity index (χ0v) is 30.5. The molecule has 0 amide bonds. The maximum absolute atomic E-state index is 9.85. The summed E-state index contributed by atoms with van der Waals surface area (Å²) in [5.41, 5.74) is 13.5. The Labute approximate surface area is 327 Å². The Bertz CT molecular complexity index is 3350. The summed E-state index contributed by atoms with van der Waals surface area (Å²) in [6.07, 6.45) is 0. The van der Waals surface area contributed by atoms with Crippen LogP contribution in [0.15, 0.2) is 182 Å². The molecule has 11 rings (SSSR count). The molecule has 0 aliphatic heterocycles. The molecule has 11 aromatic rings. The summed E-state index contributed by atoms with van der Waals surface area (Å²) in [6.45, 7) is 7.75. The lowest BCUT2D eigenvalue weighted by Crippen LogP contribution is -2.01. The smallest absolute Gasteiger partial charge is 0.188 e. The fraction of sp³-hybridized carbons (Fsp3) is 0. The van der Waals surface area contributed by atoms with Gasteiger partial charge in [0, 0.05) is 38.8 Å².